The molecule has 0 aromatic heterocycles. The molecule has 1 aromatic rings. The maximum absolute atomic E-state index is 12.2. The molecular formula is C19H27NO5. The van der Waals surface area contributed by atoms with Crippen molar-refractivity contribution < 1.29 is 24.1 Å². The molecule has 0 unspecified atom stereocenters. The Morgan fingerprint density at radius 1 is 1.40 bits per heavy atom. The number of ether oxygens (including phenoxy) is 3. The van der Waals surface area contributed by atoms with Gasteiger partial charge in [0.15, 0.2) is 18.1 Å². The number of benzene rings is 1. The molecule has 2 N–H and O–H groups in total. The molecule has 0 bridgehead atoms. The summed E-state index contributed by atoms with van der Waals surface area (Å²) >= 11 is 0. The maximum atomic E-state index is 12.2. The third kappa shape index (κ3) is 4.07. The molecule has 1 fully saturated rings. The smallest absolute Gasteiger partial charge is 0.258 e. The number of carbonyl (C=O) groups excluding carboxylic acids is 1. The molecule has 138 valence electrons. The van der Waals surface area contributed by atoms with E-state index in [0.717, 1.165) is 37.0 Å². The number of hydrogen-bond donors (Lipinski definition) is 2. The first kappa shape index (κ1) is 18.0. The van der Waals surface area contributed by atoms with Crippen LogP contribution < -0.4 is 14.8 Å². The van der Waals surface area contributed by atoms with Gasteiger partial charge >= 0.3 is 0 Å². The van der Waals surface area contributed by atoms with E-state index in [1.165, 1.54) is 0 Å². The quantitative estimate of drug-likeness (QED) is 0.848. The fourth-order valence-electron chi connectivity index (χ4n) is 3.65. The van der Waals surface area contributed by atoms with Crippen molar-refractivity contribution in [3.63, 3.8) is 0 Å². The minimum Gasteiger partial charge on any atom is -0.483 e. The van der Waals surface area contributed by atoms with Crippen LogP contribution in [0, 0.1) is 0 Å². The Balaban J connectivity index is 1.56. The number of nitrogens with one attached hydrogen (secondary N) is 1. The van der Waals surface area contributed by atoms with Crippen LogP contribution in [0.4, 0.5) is 0 Å². The van der Waals surface area contributed by atoms with Crippen molar-refractivity contribution in [3.8, 4) is 11.5 Å². The summed E-state index contributed by atoms with van der Waals surface area (Å²) in [5.41, 5.74) is 0.833. The van der Waals surface area contributed by atoms with Crippen LogP contribution >= 0.6 is 0 Å². The summed E-state index contributed by atoms with van der Waals surface area (Å²) in [6.45, 7) is 3.95. The molecule has 1 aliphatic heterocycles. The number of hydrogen-bond acceptors (Lipinski definition) is 5. The van der Waals surface area contributed by atoms with Crippen LogP contribution in [0.2, 0.25) is 0 Å². The molecule has 2 aliphatic rings. The minimum absolute atomic E-state index is 0.110. The molecule has 1 saturated carbocycles. The van der Waals surface area contributed by atoms with Crippen LogP contribution in [-0.2, 0) is 16.0 Å². The monoisotopic (exact) mass is 349 g/mol. The summed E-state index contributed by atoms with van der Waals surface area (Å²) in [5.74, 6) is 1.05. The molecule has 1 aliphatic carbocycles. The van der Waals surface area contributed by atoms with Crippen molar-refractivity contribution >= 4 is 5.91 Å². The van der Waals surface area contributed by atoms with Crippen molar-refractivity contribution in [2.24, 2.45) is 0 Å². The van der Waals surface area contributed by atoms with Gasteiger partial charge in [0.1, 0.15) is 11.7 Å². The normalized spacial score (nSPS) is 27.3. The van der Waals surface area contributed by atoms with Gasteiger partial charge in [0.05, 0.1) is 12.1 Å². The van der Waals surface area contributed by atoms with Gasteiger partial charge in [0.2, 0.25) is 0 Å². The van der Waals surface area contributed by atoms with E-state index in [1.807, 2.05) is 32.0 Å². The van der Waals surface area contributed by atoms with Gasteiger partial charge in [0, 0.05) is 19.1 Å². The SMILES string of the molecule is CO[C@@H]1CCC[C@@H](NC(=O)COc2cccc3c2OC(C)(C)C3)[C@H]1O. The highest BCUT2D eigenvalue weighted by Crippen LogP contribution is 2.41. The van der Waals surface area contributed by atoms with Crippen molar-refractivity contribution in [1.82, 2.24) is 5.32 Å². The Hall–Kier alpha value is -1.79. The second-order valence-corrected chi connectivity index (χ2v) is 7.44. The van der Waals surface area contributed by atoms with Crippen LogP contribution in [0.5, 0.6) is 11.5 Å². The van der Waals surface area contributed by atoms with Gasteiger partial charge in [-0.15, -0.1) is 0 Å². The number of rotatable bonds is 5. The standard InChI is InChI=1S/C19H27NO5/c1-19(2)10-12-6-4-9-15(18(12)25-19)24-11-16(21)20-13-7-5-8-14(23-3)17(13)22/h4,6,9,13-14,17,22H,5,7-8,10-11H2,1-3H3,(H,20,21)/t13-,14-,17-/m1/s1. The summed E-state index contributed by atoms with van der Waals surface area (Å²) in [7, 11) is 1.58. The van der Waals surface area contributed by atoms with E-state index in [1.54, 1.807) is 7.11 Å². The molecule has 1 amide bonds. The van der Waals surface area contributed by atoms with Crippen molar-refractivity contribution in [2.75, 3.05) is 13.7 Å². The molecule has 1 aromatic carbocycles. The number of aliphatic hydroxyl groups excluding tert-OH is 1. The summed E-state index contributed by atoms with van der Waals surface area (Å²) in [6.07, 6.45) is 2.37. The van der Waals surface area contributed by atoms with Crippen LogP contribution in [0.1, 0.15) is 38.7 Å². The Labute approximate surface area is 148 Å². The first-order valence-electron chi connectivity index (χ1n) is 8.83. The van der Waals surface area contributed by atoms with Gasteiger partial charge in [-0.2, -0.15) is 0 Å². The van der Waals surface area contributed by atoms with Gasteiger partial charge in [0.25, 0.3) is 5.91 Å². The highest BCUT2D eigenvalue weighted by molar-refractivity contribution is 5.78. The molecule has 25 heavy (non-hydrogen) atoms. The van der Waals surface area contributed by atoms with E-state index in [9.17, 15) is 9.90 Å². The Morgan fingerprint density at radius 3 is 2.96 bits per heavy atom. The molecule has 0 saturated heterocycles. The fraction of sp³-hybridized carbons (Fsp3) is 0.632. The number of fused-ring (bicyclic) bond motifs is 1. The number of carbonyl (C=O) groups is 1. The summed E-state index contributed by atoms with van der Waals surface area (Å²) in [5, 5.41) is 13.1. The summed E-state index contributed by atoms with van der Waals surface area (Å²) in [6, 6.07) is 5.43. The number of para-hydroxylation sites is 1. The van der Waals surface area contributed by atoms with Crippen molar-refractivity contribution in [2.45, 2.75) is 63.4 Å². The largest absolute Gasteiger partial charge is 0.483 e. The van der Waals surface area contributed by atoms with Crippen LogP contribution in [0.15, 0.2) is 18.2 Å². The lowest BCUT2D eigenvalue weighted by Crippen LogP contribution is -2.52. The van der Waals surface area contributed by atoms with E-state index in [-0.39, 0.29) is 30.3 Å². The number of methoxy groups -OCH3 is 1. The van der Waals surface area contributed by atoms with E-state index in [0.29, 0.717) is 5.75 Å². The lowest BCUT2D eigenvalue weighted by atomic mass is 9.90. The lowest BCUT2D eigenvalue weighted by molar-refractivity contribution is -0.126. The third-order valence-electron chi connectivity index (χ3n) is 4.86. The van der Waals surface area contributed by atoms with Gasteiger partial charge in [-0.05, 0) is 39.2 Å². The number of amides is 1. The van der Waals surface area contributed by atoms with Gasteiger partial charge in [-0.25, -0.2) is 0 Å². The first-order valence-corrected chi connectivity index (χ1v) is 8.83. The molecule has 6 heteroatoms. The molecule has 3 atom stereocenters. The summed E-state index contributed by atoms with van der Waals surface area (Å²) in [4.78, 5) is 12.2. The van der Waals surface area contributed by atoms with Crippen LogP contribution in [0.25, 0.3) is 0 Å². The van der Waals surface area contributed by atoms with E-state index >= 15 is 0 Å². The topological polar surface area (TPSA) is 77.0 Å². The fourth-order valence-corrected chi connectivity index (χ4v) is 3.65. The average molecular weight is 349 g/mol. The minimum atomic E-state index is -0.687. The second-order valence-electron chi connectivity index (χ2n) is 7.44. The molecule has 0 spiro atoms. The van der Waals surface area contributed by atoms with Gasteiger partial charge < -0.3 is 24.6 Å². The molecule has 6 nitrogen and oxygen atoms in total. The highest BCUT2D eigenvalue weighted by Gasteiger charge is 2.34. The second kappa shape index (κ2) is 7.22. The third-order valence-corrected chi connectivity index (χ3v) is 4.86. The zero-order chi connectivity index (χ0) is 18.0. The first-order chi connectivity index (χ1) is 11.9. The van der Waals surface area contributed by atoms with Crippen molar-refractivity contribution in [1.29, 1.82) is 0 Å². The zero-order valence-electron chi connectivity index (χ0n) is 15.1. The van der Waals surface area contributed by atoms with Gasteiger partial charge in [-0.1, -0.05) is 12.1 Å². The Kier molecular flexibility index (Phi) is 5.20. The number of aliphatic hydroxyl groups is 1. The molecule has 1 heterocycles. The van der Waals surface area contributed by atoms with E-state index < -0.39 is 6.10 Å². The van der Waals surface area contributed by atoms with Crippen LogP contribution in [-0.4, -0.2) is 48.6 Å². The zero-order valence-corrected chi connectivity index (χ0v) is 15.1. The van der Waals surface area contributed by atoms with E-state index in [4.69, 9.17) is 14.2 Å². The van der Waals surface area contributed by atoms with E-state index in [2.05, 4.69) is 5.32 Å². The molecule has 0 radical (unpaired) electrons. The van der Waals surface area contributed by atoms with Crippen LogP contribution in [0.3, 0.4) is 0 Å². The maximum Gasteiger partial charge on any atom is 0.258 e. The molecular weight excluding hydrogens is 322 g/mol. The highest BCUT2D eigenvalue weighted by atomic mass is 16.5. The average Bonchev–Trinajstić information content (AvgIpc) is 2.89. The van der Waals surface area contributed by atoms with Crippen molar-refractivity contribution in [3.05, 3.63) is 23.8 Å². The predicted octanol–water partition coefficient (Wildman–Crippen LogP) is 1.82. The predicted molar refractivity (Wildman–Crippen MR) is 92.9 cm³/mol. The van der Waals surface area contributed by atoms with Gasteiger partial charge in [-0.3, -0.25) is 4.79 Å². The Bertz CT molecular complexity index is 630. The lowest BCUT2D eigenvalue weighted by Gasteiger charge is -2.34. The molecule has 3 rings (SSSR count). The Morgan fingerprint density at radius 2 is 2.20 bits per heavy atom. The summed E-state index contributed by atoms with van der Waals surface area (Å²) < 4.78 is 16.9.